The van der Waals surface area contributed by atoms with E-state index in [4.69, 9.17) is 21.1 Å². The van der Waals surface area contributed by atoms with Gasteiger partial charge in [-0.15, -0.1) is 0 Å². The van der Waals surface area contributed by atoms with Crippen LogP contribution in [0.4, 0.5) is 5.69 Å². The number of amides is 1. The highest BCUT2D eigenvalue weighted by Gasteiger charge is 2.07. The Morgan fingerprint density at radius 1 is 1.17 bits per heavy atom. The molecule has 6 heteroatoms. The molecule has 128 valence electrons. The van der Waals surface area contributed by atoms with E-state index in [1.807, 2.05) is 43.3 Å². The fraction of sp³-hybridized carbons (Fsp3) is 0.278. The summed E-state index contributed by atoms with van der Waals surface area (Å²) in [7, 11) is 1.59. The van der Waals surface area contributed by atoms with Gasteiger partial charge >= 0.3 is 0 Å². The van der Waals surface area contributed by atoms with Crippen molar-refractivity contribution in [1.29, 1.82) is 0 Å². The zero-order valence-corrected chi connectivity index (χ0v) is 14.5. The molecule has 0 unspecified atom stereocenters. The summed E-state index contributed by atoms with van der Waals surface area (Å²) in [4.78, 5) is 12.0. The summed E-state index contributed by atoms with van der Waals surface area (Å²) in [6.07, 6.45) is 0. The van der Waals surface area contributed by atoms with Crippen LogP contribution in [0.5, 0.6) is 11.5 Å². The standard InChI is InChI=1S/C18H21ClN2O3/c1-3-24-16-9-8-13(10-17(16)23-2)11-21-18(22)12-20-15-7-5-4-6-14(15)19/h4-10,20H,3,11-12H2,1-2H3,(H,21,22). The largest absolute Gasteiger partial charge is 0.493 e. The van der Waals surface area contributed by atoms with Crippen LogP contribution in [0, 0.1) is 0 Å². The van der Waals surface area contributed by atoms with Gasteiger partial charge in [-0.1, -0.05) is 29.8 Å². The first kappa shape index (κ1) is 17.9. The number of hydrogen-bond acceptors (Lipinski definition) is 4. The lowest BCUT2D eigenvalue weighted by molar-refractivity contribution is -0.119. The molecule has 0 spiro atoms. The van der Waals surface area contributed by atoms with E-state index in [1.54, 1.807) is 13.2 Å². The highest BCUT2D eigenvalue weighted by Crippen LogP contribution is 2.28. The summed E-state index contributed by atoms with van der Waals surface area (Å²) in [6.45, 7) is 3.05. The monoisotopic (exact) mass is 348 g/mol. The third-order valence-corrected chi connectivity index (χ3v) is 3.66. The second-order valence-electron chi connectivity index (χ2n) is 5.03. The van der Waals surface area contributed by atoms with Crippen LogP contribution in [-0.2, 0) is 11.3 Å². The van der Waals surface area contributed by atoms with Gasteiger partial charge in [0.05, 0.1) is 31.0 Å². The smallest absolute Gasteiger partial charge is 0.239 e. The molecule has 0 aliphatic heterocycles. The van der Waals surface area contributed by atoms with E-state index >= 15 is 0 Å². The molecular weight excluding hydrogens is 328 g/mol. The molecule has 0 aliphatic carbocycles. The summed E-state index contributed by atoms with van der Waals surface area (Å²) >= 11 is 6.03. The molecule has 24 heavy (non-hydrogen) atoms. The number of halogens is 1. The van der Waals surface area contributed by atoms with E-state index in [9.17, 15) is 4.79 Å². The zero-order chi connectivity index (χ0) is 17.4. The molecule has 0 atom stereocenters. The summed E-state index contributed by atoms with van der Waals surface area (Å²) < 4.78 is 10.8. The summed E-state index contributed by atoms with van der Waals surface area (Å²) in [5, 5.41) is 6.44. The van der Waals surface area contributed by atoms with Gasteiger partial charge in [-0.05, 0) is 36.8 Å². The molecule has 1 amide bonds. The Hall–Kier alpha value is -2.40. The maximum Gasteiger partial charge on any atom is 0.239 e. The maximum atomic E-state index is 12.0. The van der Waals surface area contributed by atoms with Gasteiger partial charge in [0, 0.05) is 6.54 Å². The van der Waals surface area contributed by atoms with Crippen LogP contribution >= 0.6 is 11.6 Å². The minimum atomic E-state index is -0.122. The Morgan fingerprint density at radius 2 is 1.96 bits per heavy atom. The second-order valence-corrected chi connectivity index (χ2v) is 5.44. The molecule has 0 aliphatic rings. The molecule has 2 N–H and O–H groups in total. The van der Waals surface area contributed by atoms with Crippen molar-refractivity contribution in [3.63, 3.8) is 0 Å². The van der Waals surface area contributed by atoms with Gasteiger partial charge < -0.3 is 20.1 Å². The van der Waals surface area contributed by atoms with Gasteiger partial charge in [0.15, 0.2) is 11.5 Å². The molecule has 0 radical (unpaired) electrons. The molecule has 0 heterocycles. The van der Waals surface area contributed by atoms with Crippen LogP contribution in [0.3, 0.4) is 0 Å². The number of carbonyl (C=O) groups excluding carboxylic acids is 1. The molecule has 0 saturated carbocycles. The van der Waals surface area contributed by atoms with Gasteiger partial charge in [0.1, 0.15) is 0 Å². The number of carbonyl (C=O) groups is 1. The first-order valence-electron chi connectivity index (χ1n) is 7.68. The number of hydrogen-bond donors (Lipinski definition) is 2. The lowest BCUT2D eigenvalue weighted by Gasteiger charge is -2.12. The third-order valence-electron chi connectivity index (χ3n) is 3.33. The Morgan fingerprint density at radius 3 is 2.67 bits per heavy atom. The van der Waals surface area contributed by atoms with Gasteiger partial charge in [0.25, 0.3) is 0 Å². The minimum Gasteiger partial charge on any atom is -0.493 e. The Balaban J connectivity index is 1.86. The van der Waals surface area contributed by atoms with Crippen LogP contribution in [0.25, 0.3) is 0 Å². The first-order chi connectivity index (χ1) is 11.6. The van der Waals surface area contributed by atoms with E-state index in [2.05, 4.69) is 10.6 Å². The van der Waals surface area contributed by atoms with Crippen molar-refractivity contribution >= 4 is 23.2 Å². The maximum absolute atomic E-state index is 12.0. The molecule has 0 saturated heterocycles. The highest BCUT2D eigenvalue weighted by atomic mass is 35.5. The number of rotatable bonds is 8. The quantitative estimate of drug-likeness (QED) is 0.766. The molecule has 2 aromatic rings. The third kappa shape index (κ3) is 5.06. The number of benzene rings is 2. The molecule has 2 rings (SSSR count). The van der Waals surface area contributed by atoms with Crippen molar-refractivity contribution in [1.82, 2.24) is 5.32 Å². The van der Waals surface area contributed by atoms with Crippen molar-refractivity contribution < 1.29 is 14.3 Å². The number of nitrogens with one attached hydrogen (secondary N) is 2. The molecular formula is C18H21ClN2O3. The average Bonchev–Trinajstić information content (AvgIpc) is 2.60. The summed E-state index contributed by atoms with van der Waals surface area (Å²) in [5.41, 5.74) is 1.67. The van der Waals surface area contributed by atoms with Crippen LogP contribution in [0.15, 0.2) is 42.5 Å². The van der Waals surface area contributed by atoms with Gasteiger partial charge in [-0.3, -0.25) is 4.79 Å². The van der Waals surface area contributed by atoms with Gasteiger partial charge in [-0.25, -0.2) is 0 Å². The van der Waals surface area contributed by atoms with Crippen LogP contribution in [0.2, 0.25) is 5.02 Å². The van der Waals surface area contributed by atoms with E-state index in [0.29, 0.717) is 29.7 Å². The summed E-state index contributed by atoms with van der Waals surface area (Å²) in [5.74, 6) is 1.22. The van der Waals surface area contributed by atoms with Gasteiger partial charge in [-0.2, -0.15) is 0 Å². The molecule has 5 nitrogen and oxygen atoms in total. The Labute approximate surface area is 146 Å². The molecule has 0 fully saturated rings. The number of anilines is 1. The van der Waals surface area contributed by atoms with Crippen LogP contribution in [0.1, 0.15) is 12.5 Å². The van der Waals surface area contributed by atoms with Crippen molar-refractivity contribution in [3.8, 4) is 11.5 Å². The molecule has 2 aromatic carbocycles. The molecule has 0 aromatic heterocycles. The lowest BCUT2D eigenvalue weighted by atomic mass is 10.2. The van der Waals surface area contributed by atoms with E-state index < -0.39 is 0 Å². The van der Waals surface area contributed by atoms with E-state index in [-0.39, 0.29) is 12.5 Å². The fourth-order valence-corrected chi connectivity index (χ4v) is 2.34. The van der Waals surface area contributed by atoms with Crippen molar-refractivity contribution in [2.24, 2.45) is 0 Å². The SMILES string of the molecule is CCOc1ccc(CNC(=O)CNc2ccccc2Cl)cc1OC. The number of ether oxygens (including phenoxy) is 2. The lowest BCUT2D eigenvalue weighted by Crippen LogP contribution is -2.29. The predicted molar refractivity (Wildman–Crippen MR) is 96.0 cm³/mol. The predicted octanol–water partition coefficient (Wildman–Crippen LogP) is 3.48. The van der Waals surface area contributed by atoms with Crippen molar-refractivity contribution in [2.45, 2.75) is 13.5 Å². The fourth-order valence-electron chi connectivity index (χ4n) is 2.14. The Bertz CT molecular complexity index is 692. The molecule has 0 bridgehead atoms. The minimum absolute atomic E-state index is 0.122. The Kier molecular flexibility index (Phi) is 6.75. The summed E-state index contributed by atoms with van der Waals surface area (Å²) in [6, 6.07) is 12.9. The van der Waals surface area contributed by atoms with Crippen LogP contribution < -0.4 is 20.1 Å². The topological polar surface area (TPSA) is 59.6 Å². The van der Waals surface area contributed by atoms with E-state index in [1.165, 1.54) is 0 Å². The van der Waals surface area contributed by atoms with Crippen LogP contribution in [-0.4, -0.2) is 26.2 Å². The van der Waals surface area contributed by atoms with E-state index in [0.717, 1.165) is 11.3 Å². The number of para-hydroxylation sites is 1. The van der Waals surface area contributed by atoms with Crippen molar-refractivity contribution in [2.75, 3.05) is 25.6 Å². The number of methoxy groups -OCH3 is 1. The second kappa shape index (κ2) is 9.03. The first-order valence-corrected chi connectivity index (χ1v) is 8.06. The van der Waals surface area contributed by atoms with Crippen molar-refractivity contribution in [3.05, 3.63) is 53.1 Å². The normalized spacial score (nSPS) is 10.1. The van der Waals surface area contributed by atoms with Gasteiger partial charge in [0.2, 0.25) is 5.91 Å². The zero-order valence-electron chi connectivity index (χ0n) is 13.8. The highest BCUT2D eigenvalue weighted by molar-refractivity contribution is 6.33. The average molecular weight is 349 g/mol.